The monoisotopic (exact) mass is 576 g/mol. The highest BCUT2D eigenvalue weighted by molar-refractivity contribution is 6.15. The average molecular weight is 577 g/mol. The summed E-state index contributed by atoms with van der Waals surface area (Å²) < 4.78 is 2.18. The fourth-order valence-corrected chi connectivity index (χ4v) is 6.61. The second-order valence-corrected chi connectivity index (χ2v) is 11.3. The molecule has 8 heteroatoms. The summed E-state index contributed by atoms with van der Waals surface area (Å²) in [6.45, 7) is 0. The Labute approximate surface area is 253 Å². The van der Waals surface area contributed by atoms with Crippen LogP contribution in [0.5, 0.6) is 0 Å². The Kier molecular flexibility index (Phi) is 6.01. The van der Waals surface area contributed by atoms with E-state index >= 15 is 0 Å². The molecule has 6 aromatic rings. The van der Waals surface area contributed by atoms with E-state index in [1.54, 1.807) is 18.5 Å². The molecule has 8 nitrogen and oxygen atoms in total. The molecule has 1 fully saturated rings. The van der Waals surface area contributed by atoms with Gasteiger partial charge in [0.25, 0.3) is 5.91 Å². The summed E-state index contributed by atoms with van der Waals surface area (Å²) in [5.74, 6) is -0.623. The highest BCUT2D eigenvalue weighted by Crippen LogP contribution is 2.49. The number of amides is 2. The summed E-state index contributed by atoms with van der Waals surface area (Å²) in [6.07, 6.45) is 8.10. The van der Waals surface area contributed by atoms with E-state index in [0.29, 0.717) is 17.7 Å². The Morgan fingerprint density at radius 1 is 0.886 bits per heavy atom. The fraction of sp³-hybridized carbons (Fsp3) is 0.111. The Balaban J connectivity index is 1.12. The third-order valence-corrected chi connectivity index (χ3v) is 8.76. The van der Waals surface area contributed by atoms with E-state index in [4.69, 9.17) is 4.98 Å². The minimum absolute atomic E-state index is 0.00431. The second kappa shape index (κ2) is 10.2. The van der Waals surface area contributed by atoms with Gasteiger partial charge in [0.2, 0.25) is 5.91 Å². The van der Waals surface area contributed by atoms with Crippen LogP contribution in [0, 0.1) is 5.92 Å². The van der Waals surface area contributed by atoms with Crippen molar-refractivity contribution in [2.75, 3.05) is 5.32 Å². The molecule has 2 aromatic heterocycles. The topological polar surface area (TPSA) is 104 Å². The molecule has 0 radical (unpaired) electrons. The quantitative estimate of drug-likeness (QED) is 0.202. The lowest BCUT2D eigenvalue weighted by molar-refractivity contribution is -0.117. The molecular weight excluding hydrogens is 548 g/mol. The van der Waals surface area contributed by atoms with Crippen molar-refractivity contribution in [3.63, 3.8) is 0 Å². The number of aromatic nitrogens is 3. The molecule has 1 aliphatic carbocycles. The van der Waals surface area contributed by atoms with Crippen LogP contribution in [-0.4, -0.2) is 32.6 Å². The van der Waals surface area contributed by atoms with Crippen LogP contribution in [0.3, 0.4) is 0 Å². The number of anilines is 1. The number of rotatable bonds is 7. The van der Waals surface area contributed by atoms with Gasteiger partial charge in [-0.25, -0.2) is 10.4 Å². The molecular formula is C36H28N6O2. The summed E-state index contributed by atoms with van der Waals surface area (Å²) in [7, 11) is 0. The van der Waals surface area contributed by atoms with E-state index in [1.165, 1.54) is 0 Å². The maximum atomic E-state index is 13.4. The minimum Gasteiger partial charge on any atom is -0.360 e. The summed E-state index contributed by atoms with van der Waals surface area (Å²) in [4.78, 5) is 34.1. The van der Waals surface area contributed by atoms with Gasteiger partial charge in [-0.2, -0.15) is 5.10 Å². The van der Waals surface area contributed by atoms with Gasteiger partial charge in [-0.05, 0) is 35.2 Å². The Bertz CT molecular complexity index is 1950. The molecule has 3 heterocycles. The molecule has 2 aliphatic rings. The van der Waals surface area contributed by atoms with Crippen LogP contribution < -0.4 is 10.7 Å². The summed E-state index contributed by atoms with van der Waals surface area (Å²) in [5.41, 5.74) is 8.71. The van der Waals surface area contributed by atoms with Gasteiger partial charge in [0, 0.05) is 46.4 Å². The normalized spacial score (nSPS) is 17.2. The summed E-state index contributed by atoms with van der Waals surface area (Å²) in [6, 6.07) is 34.9. The predicted molar refractivity (Wildman–Crippen MR) is 170 cm³/mol. The smallest absolute Gasteiger partial charge is 0.272 e. The third-order valence-electron chi connectivity index (χ3n) is 8.76. The Morgan fingerprint density at radius 3 is 2.16 bits per heavy atom. The van der Waals surface area contributed by atoms with Gasteiger partial charge < -0.3 is 14.9 Å². The van der Waals surface area contributed by atoms with Crippen LogP contribution in [0.4, 0.5) is 5.69 Å². The molecule has 0 saturated heterocycles. The van der Waals surface area contributed by atoms with Crippen molar-refractivity contribution in [2.45, 2.75) is 17.9 Å². The number of nitrogens with one attached hydrogen (secondary N) is 3. The highest BCUT2D eigenvalue weighted by Gasteiger charge is 2.47. The van der Waals surface area contributed by atoms with E-state index in [2.05, 4.69) is 104 Å². The van der Waals surface area contributed by atoms with Gasteiger partial charge in [0.15, 0.2) is 0 Å². The van der Waals surface area contributed by atoms with Crippen molar-refractivity contribution < 1.29 is 9.59 Å². The first kappa shape index (κ1) is 25.9. The molecule has 0 spiro atoms. The van der Waals surface area contributed by atoms with Crippen molar-refractivity contribution in [3.05, 3.63) is 155 Å². The zero-order chi connectivity index (χ0) is 29.7. The number of imidazole rings is 1. The number of benzene rings is 4. The maximum absolute atomic E-state index is 13.4. The summed E-state index contributed by atoms with van der Waals surface area (Å²) in [5, 5.41) is 7.80. The van der Waals surface area contributed by atoms with Crippen molar-refractivity contribution in [1.29, 1.82) is 0 Å². The molecule has 214 valence electrons. The molecule has 44 heavy (non-hydrogen) atoms. The van der Waals surface area contributed by atoms with Crippen molar-refractivity contribution >= 4 is 34.6 Å². The molecule has 3 N–H and O–H groups in total. The van der Waals surface area contributed by atoms with E-state index in [-0.39, 0.29) is 23.7 Å². The van der Waals surface area contributed by atoms with Crippen LogP contribution in [0.25, 0.3) is 10.9 Å². The van der Waals surface area contributed by atoms with Gasteiger partial charge in [-0.3, -0.25) is 9.59 Å². The zero-order valence-corrected chi connectivity index (χ0v) is 23.6. The van der Waals surface area contributed by atoms with Gasteiger partial charge in [-0.15, -0.1) is 0 Å². The number of hydrogen-bond acceptors (Lipinski definition) is 4. The van der Waals surface area contributed by atoms with E-state index in [9.17, 15) is 9.59 Å². The molecule has 2 amide bonds. The van der Waals surface area contributed by atoms with Crippen LogP contribution in [-0.2, 0) is 10.3 Å². The first-order valence-corrected chi connectivity index (χ1v) is 14.6. The molecule has 8 rings (SSSR count). The molecule has 2 unspecified atom stereocenters. The van der Waals surface area contributed by atoms with Crippen molar-refractivity contribution in [2.24, 2.45) is 11.0 Å². The number of hydrogen-bond donors (Lipinski definition) is 3. The third kappa shape index (κ3) is 4.14. The first-order chi connectivity index (χ1) is 21.6. The number of nitrogens with zero attached hydrogens (tertiary/aromatic N) is 3. The molecule has 4 aromatic carbocycles. The number of hydrazone groups is 1. The molecule has 0 bridgehead atoms. The standard InChI is InChI=1S/C36H28N6O2/c43-34(40-27-16-30-33-23(19-37-31(33)17-27)20-39-41-35(30)44)29-18-28(29)32-21-42(22-38-32)36(24-10-4-1-5-11-24,25-12-6-2-7-13-25)26-14-8-3-9-15-26/h1-17,19-22,28-29,37H,18H2,(H,40,43)(H,41,44). The molecule has 1 saturated carbocycles. The van der Waals surface area contributed by atoms with Gasteiger partial charge >= 0.3 is 0 Å². The second-order valence-electron chi connectivity index (χ2n) is 11.3. The lowest BCUT2D eigenvalue weighted by atomic mass is 9.77. The largest absolute Gasteiger partial charge is 0.360 e. The number of carbonyl (C=O) groups excluding carboxylic acids is 2. The lowest BCUT2D eigenvalue weighted by Gasteiger charge is -2.37. The van der Waals surface area contributed by atoms with Gasteiger partial charge in [0.05, 0.1) is 23.8 Å². The average Bonchev–Trinajstić information content (AvgIpc) is 3.60. The molecule has 1 aliphatic heterocycles. The lowest BCUT2D eigenvalue weighted by Crippen LogP contribution is -2.36. The minimum atomic E-state index is -0.656. The van der Waals surface area contributed by atoms with Gasteiger partial charge in [0.1, 0.15) is 5.54 Å². The zero-order valence-electron chi connectivity index (χ0n) is 23.6. The van der Waals surface area contributed by atoms with Crippen LogP contribution in [0.15, 0.2) is 127 Å². The van der Waals surface area contributed by atoms with Crippen molar-refractivity contribution in [3.8, 4) is 0 Å². The number of H-pyrrole nitrogens is 1. The summed E-state index contributed by atoms with van der Waals surface area (Å²) >= 11 is 0. The maximum Gasteiger partial charge on any atom is 0.272 e. The number of aromatic amines is 1. The van der Waals surface area contributed by atoms with Gasteiger partial charge in [-0.1, -0.05) is 91.0 Å². The van der Waals surface area contributed by atoms with Crippen molar-refractivity contribution in [1.82, 2.24) is 20.0 Å². The SMILES string of the molecule is O=C1NN=Cc2c[nH]c3cc(NC(=O)C4CC4c4cn(C(c5ccccc5)(c5ccccc5)c5ccccc5)cn4)cc1c23. The van der Waals surface area contributed by atoms with E-state index in [1.807, 2.05) is 30.6 Å². The first-order valence-electron chi connectivity index (χ1n) is 14.6. The predicted octanol–water partition coefficient (Wildman–Crippen LogP) is 6.02. The number of carbonyl (C=O) groups is 2. The van der Waals surface area contributed by atoms with Crippen LogP contribution in [0.2, 0.25) is 0 Å². The van der Waals surface area contributed by atoms with E-state index in [0.717, 1.165) is 38.9 Å². The highest BCUT2D eigenvalue weighted by atomic mass is 16.2. The van der Waals surface area contributed by atoms with Crippen LogP contribution in [0.1, 0.15) is 50.6 Å². The Morgan fingerprint density at radius 2 is 1.52 bits per heavy atom. The van der Waals surface area contributed by atoms with E-state index < -0.39 is 5.54 Å². The Hall–Kier alpha value is -5.76. The van der Waals surface area contributed by atoms with Crippen LogP contribution >= 0.6 is 0 Å². The fourth-order valence-electron chi connectivity index (χ4n) is 6.61. The molecule has 2 atom stereocenters.